The summed E-state index contributed by atoms with van der Waals surface area (Å²) in [5, 5.41) is 3.45. The monoisotopic (exact) mass is 338 g/mol. The summed E-state index contributed by atoms with van der Waals surface area (Å²) in [7, 11) is 1.76. The molecule has 2 unspecified atom stereocenters. The van der Waals surface area contributed by atoms with Crippen LogP contribution in [0.1, 0.15) is 26.2 Å². The summed E-state index contributed by atoms with van der Waals surface area (Å²) in [6.45, 7) is 3.03. The van der Waals surface area contributed by atoms with E-state index in [1.54, 1.807) is 18.0 Å². The van der Waals surface area contributed by atoms with Gasteiger partial charge in [0.25, 0.3) is 0 Å². The zero-order chi connectivity index (χ0) is 16.8. The van der Waals surface area contributed by atoms with Crippen LogP contribution in [0.3, 0.4) is 0 Å². The lowest BCUT2D eigenvalue weighted by molar-refractivity contribution is -0.139. The molecule has 6 heteroatoms. The van der Waals surface area contributed by atoms with Crippen LogP contribution in [0.4, 0.5) is 0 Å². The Bertz CT molecular complexity index is 565. The van der Waals surface area contributed by atoms with Crippen LogP contribution in [0.15, 0.2) is 24.3 Å². The Morgan fingerprint density at radius 2 is 2.22 bits per heavy atom. The Balaban J connectivity index is 1.84. The predicted octanol–water partition coefficient (Wildman–Crippen LogP) is 2.48. The van der Waals surface area contributed by atoms with Gasteiger partial charge in [-0.05, 0) is 25.0 Å². The molecule has 0 saturated carbocycles. The first-order valence-corrected chi connectivity index (χ1v) is 8.32. The summed E-state index contributed by atoms with van der Waals surface area (Å²) in [6, 6.07) is 7.28. The first-order valence-electron chi connectivity index (χ1n) is 7.94. The van der Waals surface area contributed by atoms with Crippen molar-refractivity contribution in [2.75, 3.05) is 20.1 Å². The van der Waals surface area contributed by atoms with Crippen molar-refractivity contribution in [1.29, 1.82) is 0 Å². The molecular formula is C17H23ClN2O3. The van der Waals surface area contributed by atoms with Gasteiger partial charge in [-0.2, -0.15) is 0 Å². The van der Waals surface area contributed by atoms with Crippen LogP contribution in [-0.4, -0.2) is 43.0 Å². The normalized spacial score (nSPS) is 19.3. The van der Waals surface area contributed by atoms with E-state index in [1.807, 2.05) is 25.1 Å². The second-order valence-corrected chi connectivity index (χ2v) is 6.24. The van der Waals surface area contributed by atoms with E-state index in [9.17, 15) is 9.59 Å². The molecule has 5 nitrogen and oxygen atoms in total. The number of halogens is 1. The molecular weight excluding hydrogens is 316 g/mol. The van der Waals surface area contributed by atoms with Gasteiger partial charge in [0.2, 0.25) is 11.8 Å². The molecule has 1 saturated heterocycles. The summed E-state index contributed by atoms with van der Waals surface area (Å²) in [5.41, 5.74) is 0. The summed E-state index contributed by atoms with van der Waals surface area (Å²) in [5.74, 6) is 0.324. The zero-order valence-corrected chi connectivity index (χ0v) is 14.3. The van der Waals surface area contributed by atoms with E-state index < -0.39 is 0 Å². The van der Waals surface area contributed by atoms with E-state index in [2.05, 4.69) is 5.32 Å². The maximum absolute atomic E-state index is 12.2. The highest BCUT2D eigenvalue weighted by molar-refractivity contribution is 6.32. The van der Waals surface area contributed by atoms with Gasteiger partial charge in [-0.3, -0.25) is 9.59 Å². The number of carbonyl (C=O) groups excluding carboxylic acids is 2. The molecule has 2 rings (SSSR count). The van der Waals surface area contributed by atoms with Gasteiger partial charge in [-0.1, -0.05) is 30.7 Å². The van der Waals surface area contributed by atoms with Crippen LogP contribution in [0.25, 0.3) is 0 Å². The summed E-state index contributed by atoms with van der Waals surface area (Å²) < 4.78 is 5.85. The molecule has 0 radical (unpaired) electrons. The first kappa shape index (κ1) is 17.6. The lowest BCUT2D eigenvalue weighted by Gasteiger charge is -2.28. The first-order chi connectivity index (χ1) is 11.0. The maximum Gasteiger partial charge on any atom is 0.223 e. The average Bonchev–Trinajstić information content (AvgIpc) is 2.55. The van der Waals surface area contributed by atoms with Gasteiger partial charge in [0.15, 0.2) is 0 Å². The molecule has 0 bridgehead atoms. The third-order valence-corrected chi connectivity index (χ3v) is 4.43. The van der Waals surface area contributed by atoms with Gasteiger partial charge >= 0.3 is 0 Å². The molecule has 2 atom stereocenters. The highest BCUT2D eigenvalue weighted by Crippen LogP contribution is 2.24. The van der Waals surface area contributed by atoms with Crippen molar-refractivity contribution in [2.45, 2.75) is 32.3 Å². The molecule has 1 aliphatic heterocycles. The van der Waals surface area contributed by atoms with Crippen molar-refractivity contribution in [1.82, 2.24) is 10.2 Å². The van der Waals surface area contributed by atoms with Crippen molar-refractivity contribution in [3.8, 4) is 5.75 Å². The molecule has 1 aromatic rings. The van der Waals surface area contributed by atoms with Gasteiger partial charge in [-0.15, -0.1) is 0 Å². The number of piperidine rings is 1. The van der Waals surface area contributed by atoms with Crippen LogP contribution in [-0.2, 0) is 9.59 Å². The van der Waals surface area contributed by atoms with Crippen LogP contribution in [0, 0.1) is 5.92 Å². The summed E-state index contributed by atoms with van der Waals surface area (Å²) in [6.07, 6.45) is 1.58. The molecule has 0 aromatic heterocycles. The number of benzene rings is 1. The van der Waals surface area contributed by atoms with E-state index in [4.69, 9.17) is 16.3 Å². The summed E-state index contributed by atoms with van der Waals surface area (Å²) >= 11 is 6.08. The molecule has 1 fully saturated rings. The number of hydrogen-bond acceptors (Lipinski definition) is 3. The molecule has 1 aliphatic rings. The standard InChI is InChI=1S/C17H23ClN2O3/c1-3-13(23-15-7-5-4-6-14(15)18)11-19-17(22)12-8-9-20(2)16(21)10-12/h4-7,12-13H,3,8-11H2,1-2H3,(H,19,22). The van der Waals surface area contributed by atoms with Gasteiger partial charge < -0.3 is 15.0 Å². The fourth-order valence-corrected chi connectivity index (χ4v) is 2.69. The van der Waals surface area contributed by atoms with Crippen LogP contribution >= 0.6 is 11.6 Å². The largest absolute Gasteiger partial charge is 0.487 e. The lowest BCUT2D eigenvalue weighted by Crippen LogP contribution is -2.44. The number of nitrogens with zero attached hydrogens (tertiary/aromatic N) is 1. The summed E-state index contributed by atoms with van der Waals surface area (Å²) in [4.78, 5) is 25.6. The highest BCUT2D eigenvalue weighted by Gasteiger charge is 2.28. The molecule has 23 heavy (non-hydrogen) atoms. The SMILES string of the molecule is CCC(CNC(=O)C1CCN(C)C(=O)C1)Oc1ccccc1Cl. The molecule has 126 valence electrons. The van der Waals surface area contributed by atoms with Gasteiger partial charge in [0.1, 0.15) is 11.9 Å². The number of amides is 2. The molecule has 1 N–H and O–H groups in total. The van der Waals surface area contributed by atoms with E-state index in [0.717, 1.165) is 6.42 Å². The number of ether oxygens (including phenoxy) is 1. The second-order valence-electron chi connectivity index (χ2n) is 5.83. The van der Waals surface area contributed by atoms with Crippen molar-refractivity contribution in [3.05, 3.63) is 29.3 Å². The molecule has 0 spiro atoms. The molecule has 1 aromatic carbocycles. The molecule has 2 amide bonds. The second kappa shape index (κ2) is 8.20. The smallest absolute Gasteiger partial charge is 0.223 e. The quantitative estimate of drug-likeness (QED) is 0.867. The van der Waals surface area contributed by atoms with Gasteiger partial charge in [0.05, 0.1) is 11.6 Å². The van der Waals surface area contributed by atoms with E-state index in [1.165, 1.54) is 0 Å². The Morgan fingerprint density at radius 1 is 1.48 bits per heavy atom. The minimum atomic E-state index is -0.239. The molecule has 1 heterocycles. The Morgan fingerprint density at radius 3 is 2.87 bits per heavy atom. The fourth-order valence-electron chi connectivity index (χ4n) is 2.51. The number of para-hydroxylation sites is 1. The van der Waals surface area contributed by atoms with E-state index in [-0.39, 0.29) is 30.3 Å². The number of hydrogen-bond donors (Lipinski definition) is 1. The minimum Gasteiger partial charge on any atom is -0.487 e. The molecule has 0 aliphatic carbocycles. The minimum absolute atomic E-state index is 0.0239. The Kier molecular flexibility index (Phi) is 6.28. The van der Waals surface area contributed by atoms with E-state index >= 15 is 0 Å². The van der Waals surface area contributed by atoms with Crippen molar-refractivity contribution >= 4 is 23.4 Å². The average molecular weight is 339 g/mol. The third-order valence-electron chi connectivity index (χ3n) is 4.12. The van der Waals surface area contributed by atoms with Crippen LogP contribution < -0.4 is 10.1 Å². The topological polar surface area (TPSA) is 58.6 Å². The van der Waals surface area contributed by atoms with Crippen LogP contribution in [0.2, 0.25) is 5.02 Å². The fraction of sp³-hybridized carbons (Fsp3) is 0.529. The highest BCUT2D eigenvalue weighted by atomic mass is 35.5. The van der Waals surface area contributed by atoms with Crippen molar-refractivity contribution in [3.63, 3.8) is 0 Å². The zero-order valence-electron chi connectivity index (χ0n) is 13.5. The number of carbonyl (C=O) groups is 2. The third kappa shape index (κ3) is 4.86. The Labute approximate surface area is 141 Å². The van der Waals surface area contributed by atoms with E-state index in [0.29, 0.717) is 30.3 Å². The number of nitrogens with one attached hydrogen (secondary N) is 1. The van der Waals surface area contributed by atoms with Gasteiger partial charge in [0, 0.05) is 25.9 Å². The Hall–Kier alpha value is -1.75. The maximum atomic E-state index is 12.2. The lowest BCUT2D eigenvalue weighted by atomic mass is 9.95. The van der Waals surface area contributed by atoms with Gasteiger partial charge in [-0.25, -0.2) is 0 Å². The van der Waals surface area contributed by atoms with Crippen molar-refractivity contribution in [2.24, 2.45) is 5.92 Å². The van der Waals surface area contributed by atoms with Crippen molar-refractivity contribution < 1.29 is 14.3 Å². The number of rotatable bonds is 6. The van der Waals surface area contributed by atoms with Crippen LogP contribution in [0.5, 0.6) is 5.75 Å². The predicted molar refractivity (Wildman–Crippen MR) is 89.5 cm³/mol. The number of likely N-dealkylation sites (tertiary alicyclic amines) is 1.